The largest absolute Gasteiger partial charge is 0.322 e. The normalized spacial score (nSPS) is 16.1. The summed E-state index contributed by atoms with van der Waals surface area (Å²) >= 11 is 0. The van der Waals surface area contributed by atoms with Crippen LogP contribution in [0.4, 0.5) is 14.5 Å². The van der Waals surface area contributed by atoms with Crippen molar-refractivity contribution in [2.24, 2.45) is 4.99 Å². The van der Waals surface area contributed by atoms with E-state index in [1.54, 1.807) is 16.8 Å². The maximum absolute atomic E-state index is 12.8. The molecule has 0 radical (unpaired) electrons. The van der Waals surface area contributed by atoms with Gasteiger partial charge in [-0.25, -0.2) is 28.6 Å². The third kappa shape index (κ3) is 4.09. The molecule has 1 aliphatic rings. The lowest BCUT2D eigenvalue weighted by Crippen LogP contribution is -2.20. The van der Waals surface area contributed by atoms with Crippen LogP contribution < -0.4 is 10.8 Å². The highest BCUT2D eigenvalue weighted by molar-refractivity contribution is 6.09. The van der Waals surface area contributed by atoms with E-state index in [9.17, 15) is 13.6 Å². The Bertz CT molecular complexity index is 1080. The number of halogens is 2. The zero-order chi connectivity index (χ0) is 20.4. The van der Waals surface area contributed by atoms with Gasteiger partial charge in [0, 0.05) is 30.3 Å². The van der Waals surface area contributed by atoms with Crippen LogP contribution in [0.1, 0.15) is 34.3 Å². The Balaban J connectivity index is 1.53. The van der Waals surface area contributed by atoms with Gasteiger partial charge in [-0.05, 0) is 30.7 Å². The number of alkyl halides is 2. The van der Waals surface area contributed by atoms with Gasteiger partial charge in [-0.15, -0.1) is 0 Å². The van der Waals surface area contributed by atoms with Crippen molar-refractivity contribution in [3.63, 3.8) is 0 Å². The molecule has 0 aliphatic carbocycles. The van der Waals surface area contributed by atoms with E-state index < -0.39 is 12.7 Å². The van der Waals surface area contributed by atoms with Crippen LogP contribution in [0.3, 0.4) is 0 Å². The van der Waals surface area contributed by atoms with Crippen molar-refractivity contribution in [1.29, 1.82) is 0 Å². The third-order valence-corrected chi connectivity index (χ3v) is 4.63. The topological polar surface area (TPSA) is 80.0 Å². The van der Waals surface area contributed by atoms with E-state index >= 15 is 0 Å². The summed E-state index contributed by atoms with van der Waals surface area (Å²) in [6, 6.07) is 10.9. The van der Waals surface area contributed by atoms with Crippen LogP contribution in [0.25, 0.3) is 5.52 Å². The third-order valence-electron chi connectivity index (χ3n) is 4.63. The number of nitrogens with one attached hydrogen (secondary N) is 2. The number of benzene rings is 1. The molecule has 0 bridgehead atoms. The van der Waals surface area contributed by atoms with Crippen LogP contribution in [0.2, 0.25) is 0 Å². The first kappa shape index (κ1) is 19.0. The monoisotopic (exact) mass is 399 g/mol. The highest BCUT2D eigenvalue weighted by Gasteiger charge is 2.21. The molecule has 0 saturated carbocycles. The van der Waals surface area contributed by atoms with E-state index in [4.69, 9.17) is 4.84 Å². The second kappa shape index (κ2) is 7.96. The van der Waals surface area contributed by atoms with Gasteiger partial charge < -0.3 is 5.32 Å². The van der Waals surface area contributed by atoms with Crippen LogP contribution in [0, 0.1) is 6.92 Å². The number of aryl methyl sites for hydroxylation is 1. The predicted octanol–water partition coefficient (Wildman–Crippen LogP) is 3.55. The van der Waals surface area contributed by atoms with Gasteiger partial charge in [0.1, 0.15) is 0 Å². The molecule has 9 heteroatoms. The molecule has 2 N–H and O–H groups in total. The summed E-state index contributed by atoms with van der Waals surface area (Å²) in [5, 5.41) is 7.08. The molecule has 1 atom stereocenters. The summed E-state index contributed by atoms with van der Waals surface area (Å²) in [6.45, 7) is 1.88. The molecule has 29 heavy (non-hydrogen) atoms. The maximum atomic E-state index is 12.8. The van der Waals surface area contributed by atoms with Crippen molar-refractivity contribution in [1.82, 2.24) is 15.1 Å². The van der Waals surface area contributed by atoms with Crippen LogP contribution in [-0.4, -0.2) is 34.0 Å². The Kier molecular flexibility index (Phi) is 5.22. The van der Waals surface area contributed by atoms with Gasteiger partial charge in [0.25, 0.3) is 5.91 Å². The number of carbonyl (C=O) groups is 1. The van der Waals surface area contributed by atoms with E-state index in [1.807, 2.05) is 37.3 Å². The SMILES string of the molecule is Cc1ccc(C2=NC(CCC(F)F)ON2)cc1NC(=O)c1cnn2ccccc12. The van der Waals surface area contributed by atoms with Gasteiger partial charge in [0.2, 0.25) is 6.43 Å². The Morgan fingerprint density at radius 1 is 1.34 bits per heavy atom. The number of nitrogens with zero attached hydrogens (tertiary/aromatic N) is 3. The van der Waals surface area contributed by atoms with Gasteiger partial charge in [-0.1, -0.05) is 18.2 Å². The average molecular weight is 399 g/mol. The van der Waals surface area contributed by atoms with E-state index in [0.717, 1.165) is 5.56 Å². The summed E-state index contributed by atoms with van der Waals surface area (Å²) < 4.78 is 26.4. The minimum atomic E-state index is -2.39. The van der Waals surface area contributed by atoms with Crippen LogP contribution >= 0.6 is 0 Å². The number of hydrogen-bond acceptors (Lipinski definition) is 5. The molecule has 7 nitrogen and oxygen atoms in total. The van der Waals surface area contributed by atoms with E-state index in [0.29, 0.717) is 28.2 Å². The summed E-state index contributed by atoms with van der Waals surface area (Å²) in [5.74, 6) is 0.162. The number of aromatic nitrogens is 2. The molecular weight excluding hydrogens is 380 g/mol. The minimum absolute atomic E-state index is 0.123. The summed E-state index contributed by atoms with van der Waals surface area (Å²) in [7, 11) is 0. The Morgan fingerprint density at radius 3 is 3.03 bits per heavy atom. The molecule has 0 saturated heterocycles. The Labute approximate surface area is 165 Å². The molecule has 4 rings (SSSR count). The van der Waals surface area contributed by atoms with Crippen molar-refractivity contribution in [2.75, 3.05) is 5.32 Å². The average Bonchev–Trinajstić information content (AvgIpc) is 3.35. The first-order valence-corrected chi connectivity index (χ1v) is 9.13. The fraction of sp³-hybridized carbons (Fsp3) is 0.250. The van der Waals surface area contributed by atoms with Crippen molar-refractivity contribution in [3.8, 4) is 0 Å². The van der Waals surface area contributed by atoms with Gasteiger partial charge in [0.05, 0.1) is 17.3 Å². The number of amidine groups is 1. The lowest BCUT2D eigenvalue weighted by Gasteiger charge is -2.10. The summed E-state index contributed by atoms with van der Waals surface area (Å²) in [4.78, 5) is 22.3. The number of pyridine rings is 1. The quantitative estimate of drug-likeness (QED) is 0.664. The van der Waals surface area contributed by atoms with Gasteiger partial charge in [0.15, 0.2) is 12.1 Å². The van der Waals surface area contributed by atoms with E-state index in [2.05, 4.69) is 20.9 Å². The number of hydrogen-bond donors (Lipinski definition) is 2. The number of amides is 1. The molecule has 2 aromatic heterocycles. The standard InChI is InChI=1S/C20H19F2N5O2/c1-12-5-6-13(19-25-18(29-26-19)8-7-17(21)22)10-15(12)24-20(28)14-11-23-27-9-3-2-4-16(14)27/h2-6,9-11,17-18H,7-8H2,1H3,(H,24,28)(H,25,26). The molecule has 1 unspecified atom stereocenters. The highest BCUT2D eigenvalue weighted by atomic mass is 19.3. The number of aliphatic imine (C=N–C) groups is 1. The number of anilines is 1. The maximum Gasteiger partial charge on any atom is 0.259 e. The lowest BCUT2D eigenvalue weighted by molar-refractivity contribution is 0.0192. The smallest absolute Gasteiger partial charge is 0.259 e. The fourth-order valence-corrected chi connectivity index (χ4v) is 3.05. The zero-order valence-corrected chi connectivity index (χ0v) is 15.6. The van der Waals surface area contributed by atoms with Crippen LogP contribution in [0.15, 0.2) is 53.8 Å². The Hall–Kier alpha value is -3.33. The van der Waals surface area contributed by atoms with E-state index in [-0.39, 0.29) is 18.7 Å². The number of fused-ring (bicyclic) bond motifs is 1. The van der Waals surface area contributed by atoms with Gasteiger partial charge in [-0.2, -0.15) is 5.10 Å². The highest BCUT2D eigenvalue weighted by Crippen LogP contribution is 2.22. The van der Waals surface area contributed by atoms with E-state index in [1.165, 1.54) is 6.20 Å². The van der Waals surface area contributed by atoms with Crippen LogP contribution in [0.5, 0.6) is 0 Å². The van der Waals surface area contributed by atoms with Crippen LogP contribution in [-0.2, 0) is 4.84 Å². The van der Waals surface area contributed by atoms with Gasteiger partial charge >= 0.3 is 0 Å². The first-order chi connectivity index (χ1) is 14.0. The predicted molar refractivity (Wildman–Crippen MR) is 104 cm³/mol. The number of hydroxylamine groups is 1. The molecule has 3 heterocycles. The number of carbonyl (C=O) groups excluding carboxylic acids is 1. The fourth-order valence-electron chi connectivity index (χ4n) is 3.05. The molecule has 150 valence electrons. The van der Waals surface area contributed by atoms with Crippen molar-refractivity contribution < 1.29 is 18.4 Å². The van der Waals surface area contributed by atoms with Crippen molar-refractivity contribution in [3.05, 3.63) is 65.5 Å². The zero-order valence-electron chi connectivity index (χ0n) is 15.6. The Morgan fingerprint density at radius 2 is 2.21 bits per heavy atom. The lowest BCUT2D eigenvalue weighted by atomic mass is 10.1. The van der Waals surface area contributed by atoms with Gasteiger partial charge in [-0.3, -0.25) is 4.79 Å². The molecule has 1 aromatic carbocycles. The molecule has 0 spiro atoms. The van der Waals surface area contributed by atoms with Crippen molar-refractivity contribution >= 4 is 22.9 Å². The second-order valence-corrected chi connectivity index (χ2v) is 6.69. The van der Waals surface area contributed by atoms with Crippen molar-refractivity contribution in [2.45, 2.75) is 32.4 Å². The molecular formula is C20H19F2N5O2. The summed E-state index contributed by atoms with van der Waals surface area (Å²) in [5.41, 5.74) is 6.01. The molecule has 3 aromatic rings. The number of rotatable bonds is 6. The first-order valence-electron chi connectivity index (χ1n) is 9.13. The molecule has 1 amide bonds. The minimum Gasteiger partial charge on any atom is -0.322 e. The summed E-state index contributed by atoms with van der Waals surface area (Å²) in [6.07, 6.45) is 0.0902. The second-order valence-electron chi connectivity index (χ2n) is 6.69. The molecule has 0 fully saturated rings. The molecule has 1 aliphatic heterocycles.